The Bertz CT molecular complexity index is 241. The van der Waals surface area contributed by atoms with Crippen molar-refractivity contribution in [3.05, 3.63) is 0 Å². The van der Waals surface area contributed by atoms with Gasteiger partial charge in [-0.1, -0.05) is 0 Å². The van der Waals surface area contributed by atoms with E-state index in [-0.39, 0.29) is 6.54 Å². The lowest BCUT2D eigenvalue weighted by molar-refractivity contribution is -0.160. The summed E-state index contributed by atoms with van der Waals surface area (Å²) in [6.45, 7) is 0.934. The van der Waals surface area contributed by atoms with E-state index in [1.54, 1.807) is 0 Å². The summed E-state index contributed by atoms with van der Waals surface area (Å²) < 4.78 is 47.7. The summed E-state index contributed by atoms with van der Waals surface area (Å²) in [6.07, 6.45) is -4.51. The SMILES string of the molecule is COCCN(CCOC)CC(C(=N)N)C(F)(F)F. The molecule has 0 aromatic rings. The minimum absolute atomic E-state index is 0.312. The molecule has 0 heterocycles. The summed E-state index contributed by atoms with van der Waals surface area (Å²) in [7, 11) is 2.95. The van der Waals surface area contributed by atoms with Crippen molar-refractivity contribution >= 4 is 5.84 Å². The number of hydrogen-bond donors (Lipinski definition) is 2. The third-order valence-electron chi connectivity index (χ3n) is 2.43. The zero-order valence-electron chi connectivity index (χ0n) is 10.6. The van der Waals surface area contributed by atoms with Crippen molar-refractivity contribution in [2.24, 2.45) is 11.7 Å². The van der Waals surface area contributed by atoms with Crippen molar-refractivity contribution in [3.63, 3.8) is 0 Å². The van der Waals surface area contributed by atoms with Gasteiger partial charge in [-0.2, -0.15) is 13.2 Å². The van der Waals surface area contributed by atoms with Gasteiger partial charge < -0.3 is 15.2 Å². The van der Waals surface area contributed by atoms with E-state index in [0.717, 1.165) is 0 Å². The highest BCUT2D eigenvalue weighted by Gasteiger charge is 2.42. The normalized spacial score (nSPS) is 13.9. The van der Waals surface area contributed by atoms with Crippen LogP contribution in [0.5, 0.6) is 0 Å². The molecule has 18 heavy (non-hydrogen) atoms. The monoisotopic (exact) mass is 271 g/mol. The van der Waals surface area contributed by atoms with Crippen LogP contribution in [0.3, 0.4) is 0 Å². The topological polar surface area (TPSA) is 71.6 Å². The lowest BCUT2D eigenvalue weighted by Gasteiger charge is -2.27. The predicted octanol–water partition coefficient (Wildman–Crippen LogP) is 0.696. The minimum Gasteiger partial charge on any atom is -0.387 e. The predicted molar refractivity (Wildman–Crippen MR) is 61.7 cm³/mol. The van der Waals surface area contributed by atoms with E-state index in [1.165, 1.54) is 19.1 Å². The van der Waals surface area contributed by atoms with Crippen LogP contribution in [0, 0.1) is 11.3 Å². The Kier molecular flexibility index (Phi) is 7.88. The van der Waals surface area contributed by atoms with Crippen LogP contribution in [0.4, 0.5) is 13.2 Å². The van der Waals surface area contributed by atoms with E-state index in [9.17, 15) is 13.2 Å². The van der Waals surface area contributed by atoms with Crippen LogP contribution in [0.2, 0.25) is 0 Å². The number of methoxy groups -OCH3 is 2. The Hall–Kier alpha value is -0.860. The zero-order chi connectivity index (χ0) is 14.2. The summed E-state index contributed by atoms with van der Waals surface area (Å²) >= 11 is 0. The fraction of sp³-hybridized carbons (Fsp3) is 0.900. The highest BCUT2D eigenvalue weighted by molar-refractivity contribution is 5.80. The second-order valence-electron chi connectivity index (χ2n) is 3.84. The number of ether oxygens (including phenoxy) is 2. The third kappa shape index (κ3) is 6.77. The first-order valence-electron chi connectivity index (χ1n) is 5.43. The molecule has 0 aromatic carbocycles. The zero-order valence-corrected chi connectivity index (χ0v) is 10.6. The second-order valence-corrected chi connectivity index (χ2v) is 3.84. The van der Waals surface area contributed by atoms with Crippen LogP contribution in [0.25, 0.3) is 0 Å². The summed E-state index contributed by atoms with van der Waals surface area (Å²) in [5.41, 5.74) is 5.00. The van der Waals surface area contributed by atoms with Gasteiger partial charge in [-0.25, -0.2) is 0 Å². The second kappa shape index (κ2) is 8.28. The molecule has 3 N–H and O–H groups in total. The van der Waals surface area contributed by atoms with Crippen molar-refractivity contribution in [1.82, 2.24) is 4.90 Å². The van der Waals surface area contributed by atoms with E-state index in [0.29, 0.717) is 26.3 Å². The highest BCUT2D eigenvalue weighted by Crippen LogP contribution is 2.26. The molecule has 0 saturated carbocycles. The lowest BCUT2D eigenvalue weighted by atomic mass is 10.1. The van der Waals surface area contributed by atoms with Gasteiger partial charge in [0.1, 0.15) is 11.8 Å². The number of rotatable bonds is 9. The largest absolute Gasteiger partial charge is 0.399 e. The Morgan fingerprint density at radius 3 is 1.94 bits per heavy atom. The van der Waals surface area contributed by atoms with E-state index in [2.05, 4.69) is 0 Å². The van der Waals surface area contributed by atoms with Crippen LogP contribution in [0.15, 0.2) is 0 Å². The maximum absolute atomic E-state index is 12.7. The van der Waals surface area contributed by atoms with Crippen LogP contribution in [-0.4, -0.2) is 64.0 Å². The van der Waals surface area contributed by atoms with E-state index < -0.39 is 17.9 Å². The van der Waals surface area contributed by atoms with Gasteiger partial charge in [-0.05, 0) is 0 Å². The molecule has 1 unspecified atom stereocenters. The molecule has 0 aliphatic heterocycles. The Morgan fingerprint density at radius 2 is 1.67 bits per heavy atom. The van der Waals surface area contributed by atoms with Gasteiger partial charge in [0, 0.05) is 33.9 Å². The first-order valence-corrected chi connectivity index (χ1v) is 5.43. The molecule has 8 heteroatoms. The maximum Gasteiger partial charge on any atom is 0.399 e. The molecule has 1 atom stereocenters. The minimum atomic E-state index is -4.51. The molecule has 0 aromatic heterocycles. The standard InChI is InChI=1S/C10H20F3N3O2/c1-17-5-3-16(4-6-18-2)7-8(9(14)15)10(11,12)13/h8H,3-7H2,1-2H3,(H3,14,15). The fourth-order valence-electron chi connectivity index (χ4n) is 1.37. The summed E-state index contributed by atoms with van der Waals surface area (Å²) in [4.78, 5) is 1.52. The Balaban J connectivity index is 4.53. The van der Waals surface area contributed by atoms with E-state index in [1.807, 2.05) is 0 Å². The molecule has 0 aliphatic carbocycles. The first-order chi connectivity index (χ1) is 8.32. The van der Waals surface area contributed by atoms with Gasteiger partial charge >= 0.3 is 6.18 Å². The molecule has 5 nitrogen and oxygen atoms in total. The number of nitrogens with one attached hydrogen (secondary N) is 1. The van der Waals surface area contributed by atoms with Gasteiger partial charge in [0.25, 0.3) is 0 Å². The van der Waals surface area contributed by atoms with Crippen molar-refractivity contribution in [2.45, 2.75) is 6.18 Å². The van der Waals surface area contributed by atoms with E-state index in [4.69, 9.17) is 20.6 Å². The van der Waals surface area contributed by atoms with Crippen LogP contribution in [-0.2, 0) is 9.47 Å². The van der Waals surface area contributed by atoms with E-state index >= 15 is 0 Å². The fourth-order valence-corrected chi connectivity index (χ4v) is 1.37. The van der Waals surface area contributed by atoms with Crippen molar-refractivity contribution < 1.29 is 22.6 Å². The van der Waals surface area contributed by atoms with Gasteiger partial charge in [0.2, 0.25) is 0 Å². The average molecular weight is 271 g/mol. The summed E-state index contributed by atoms with van der Waals surface area (Å²) in [5.74, 6) is -2.83. The molecule has 0 fully saturated rings. The van der Waals surface area contributed by atoms with Crippen molar-refractivity contribution in [1.29, 1.82) is 5.41 Å². The number of alkyl halides is 3. The van der Waals surface area contributed by atoms with Gasteiger partial charge in [-0.3, -0.25) is 10.3 Å². The highest BCUT2D eigenvalue weighted by atomic mass is 19.4. The molecule has 0 rings (SSSR count). The average Bonchev–Trinajstić information content (AvgIpc) is 2.25. The van der Waals surface area contributed by atoms with Crippen LogP contribution in [0.1, 0.15) is 0 Å². The third-order valence-corrected chi connectivity index (χ3v) is 2.43. The van der Waals surface area contributed by atoms with Crippen LogP contribution < -0.4 is 5.73 Å². The number of nitrogens with two attached hydrogens (primary N) is 1. The Labute approximate surface area is 105 Å². The molecule has 0 saturated heterocycles. The lowest BCUT2D eigenvalue weighted by Crippen LogP contribution is -2.45. The molecular weight excluding hydrogens is 251 g/mol. The number of hydrogen-bond acceptors (Lipinski definition) is 4. The first kappa shape index (κ1) is 17.1. The van der Waals surface area contributed by atoms with Gasteiger partial charge in [0.15, 0.2) is 0 Å². The Morgan fingerprint density at radius 1 is 1.22 bits per heavy atom. The molecule has 0 radical (unpaired) electrons. The van der Waals surface area contributed by atoms with Crippen molar-refractivity contribution in [2.75, 3.05) is 47.1 Å². The summed E-state index contributed by atoms with van der Waals surface area (Å²) in [6, 6.07) is 0. The van der Waals surface area contributed by atoms with Crippen LogP contribution >= 0.6 is 0 Å². The van der Waals surface area contributed by atoms with Crippen molar-refractivity contribution in [3.8, 4) is 0 Å². The summed E-state index contributed by atoms with van der Waals surface area (Å²) in [5, 5.41) is 7.02. The smallest absolute Gasteiger partial charge is 0.387 e. The molecule has 108 valence electrons. The molecule has 0 aliphatic rings. The number of nitrogens with zero attached hydrogens (tertiary/aromatic N) is 1. The molecule has 0 spiro atoms. The quantitative estimate of drug-likeness (QED) is 0.478. The molecule has 0 bridgehead atoms. The molecule has 0 amide bonds. The van der Waals surface area contributed by atoms with Gasteiger partial charge in [-0.15, -0.1) is 0 Å². The number of halogens is 3. The molecular formula is C10H20F3N3O2. The number of amidine groups is 1. The van der Waals surface area contributed by atoms with Gasteiger partial charge in [0.05, 0.1) is 13.2 Å². The maximum atomic E-state index is 12.7.